The van der Waals surface area contributed by atoms with Gasteiger partial charge in [-0.25, -0.2) is 0 Å². The highest BCUT2D eigenvalue weighted by Gasteiger charge is 2.30. The molecular weight excluding hydrogens is 540 g/mol. The Bertz CT molecular complexity index is 1680. The number of ether oxygens (including phenoxy) is 2. The van der Waals surface area contributed by atoms with Gasteiger partial charge in [-0.2, -0.15) is 0 Å². The summed E-state index contributed by atoms with van der Waals surface area (Å²) in [6.45, 7) is 2.69. The van der Waals surface area contributed by atoms with E-state index >= 15 is 0 Å². The third kappa shape index (κ3) is 5.31. The largest absolute Gasteiger partial charge is 0.508 e. The molecule has 3 heterocycles. The van der Waals surface area contributed by atoms with Crippen molar-refractivity contribution in [1.29, 1.82) is 0 Å². The summed E-state index contributed by atoms with van der Waals surface area (Å²) in [4.78, 5) is 18.4. The first-order chi connectivity index (χ1) is 21.1. The van der Waals surface area contributed by atoms with Gasteiger partial charge in [-0.15, -0.1) is 0 Å². The molecule has 8 heteroatoms. The highest BCUT2D eigenvalue weighted by atomic mass is 16.5. The van der Waals surface area contributed by atoms with Crippen LogP contribution in [-0.2, 0) is 13.0 Å². The molecule has 7 rings (SSSR count). The van der Waals surface area contributed by atoms with Crippen LogP contribution in [0.3, 0.4) is 0 Å². The molecule has 3 aliphatic rings. The van der Waals surface area contributed by atoms with E-state index in [1.54, 1.807) is 19.2 Å². The van der Waals surface area contributed by atoms with E-state index in [2.05, 4.69) is 38.4 Å². The topological polar surface area (TPSA) is 97.1 Å². The second kappa shape index (κ2) is 11.7. The molecule has 2 aliphatic heterocycles. The molecule has 0 saturated heterocycles. The zero-order chi connectivity index (χ0) is 29.3. The molecule has 43 heavy (non-hydrogen) atoms. The first-order valence-corrected chi connectivity index (χ1v) is 15.4. The van der Waals surface area contributed by atoms with Gasteiger partial charge >= 0.3 is 0 Å². The first kappa shape index (κ1) is 27.4. The van der Waals surface area contributed by atoms with Gasteiger partial charge in [0.05, 0.1) is 31.9 Å². The number of nitrogens with one attached hydrogen (secondary N) is 2. The molecule has 4 aromatic rings. The smallest absolute Gasteiger partial charge is 0.251 e. The van der Waals surface area contributed by atoms with Crippen molar-refractivity contribution in [3.63, 3.8) is 0 Å². The van der Waals surface area contributed by atoms with Crippen molar-refractivity contribution in [2.24, 2.45) is 4.99 Å². The van der Waals surface area contributed by atoms with Crippen molar-refractivity contribution in [3.05, 3.63) is 77.4 Å². The number of amides is 1. The maximum atomic E-state index is 13.8. The standard InChI is InChI=1S/C35H38N4O4/c1-42-26-12-14-28-31(21-26)43-18-17-39-30-20-24(9-13-27(30)32(33(28)39)23-5-3-2-4-6-23)35(41)38-29(34-36-15-16-37-34)19-22-7-10-25(40)11-8-22/h7-14,20-21,23,29,40H,2-6,15-19H2,1H3,(H,36,37)(H,38,41)/t29-/m0/s1. The van der Waals surface area contributed by atoms with Gasteiger partial charge in [0.15, 0.2) is 0 Å². The van der Waals surface area contributed by atoms with E-state index in [0.717, 1.165) is 40.5 Å². The number of hydrogen-bond acceptors (Lipinski definition) is 6. The van der Waals surface area contributed by atoms with Gasteiger partial charge in [-0.05, 0) is 72.7 Å². The molecular formula is C35H38N4O4. The Labute approximate surface area is 251 Å². The number of aromatic hydroxyl groups is 1. The summed E-state index contributed by atoms with van der Waals surface area (Å²) >= 11 is 0. The second-order valence-corrected chi connectivity index (χ2v) is 11.8. The van der Waals surface area contributed by atoms with Crippen molar-refractivity contribution in [3.8, 4) is 28.5 Å². The molecule has 0 radical (unpaired) electrons. The fourth-order valence-electron chi connectivity index (χ4n) is 7.01. The Hall–Kier alpha value is -4.46. The van der Waals surface area contributed by atoms with Gasteiger partial charge < -0.3 is 29.8 Å². The number of hydrogen-bond donors (Lipinski definition) is 3. The van der Waals surface area contributed by atoms with Crippen LogP contribution >= 0.6 is 0 Å². The molecule has 1 fully saturated rings. The summed E-state index contributed by atoms with van der Waals surface area (Å²) in [6, 6.07) is 19.1. The molecule has 3 aromatic carbocycles. The van der Waals surface area contributed by atoms with Crippen LogP contribution in [-0.4, -0.2) is 54.3 Å². The number of carbonyl (C=O) groups excluding carboxylic acids is 1. The Balaban J connectivity index is 1.28. The van der Waals surface area contributed by atoms with Gasteiger partial charge in [-0.1, -0.05) is 37.5 Å². The number of carbonyl (C=O) groups is 1. The van der Waals surface area contributed by atoms with Crippen LogP contribution in [0.25, 0.3) is 22.2 Å². The van der Waals surface area contributed by atoms with Gasteiger partial charge in [0.1, 0.15) is 29.7 Å². The van der Waals surface area contributed by atoms with Crippen molar-refractivity contribution in [2.45, 2.75) is 57.0 Å². The number of methoxy groups -OCH3 is 1. The predicted octanol–water partition coefficient (Wildman–Crippen LogP) is 5.81. The summed E-state index contributed by atoms with van der Waals surface area (Å²) in [5.74, 6) is 2.98. The maximum absolute atomic E-state index is 13.8. The summed E-state index contributed by atoms with van der Waals surface area (Å²) < 4.78 is 14.1. The van der Waals surface area contributed by atoms with E-state index < -0.39 is 0 Å². The zero-order valence-electron chi connectivity index (χ0n) is 24.6. The lowest BCUT2D eigenvalue weighted by Crippen LogP contribution is -2.46. The molecule has 0 spiro atoms. The summed E-state index contributed by atoms with van der Waals surface area (Å²) in [7, 11) is 1.68. The lowest BCUT2D eigenvalue weighted by atomic mass is 9.81. The summed E-state index contributed by atoms with van der Waals surface area (Å²) in [5, 5.41) is 17.5. The van der Waals surface area contributed by atoms with E-state index in [1.807, 2.05) is 30.3 Å². The lowest BCUT2D eigenvalue weighted by Gasteiger charge is -2.23. The maximum Gasteiger partial charge on any atom is 0.251 e. The van der Waals surface area contributed by atoms with Gasteiger partial charge in [0.2, 0.25) is 0 Å². The van der Waals surface area contributed by atoms with Crippen LogP contribution in [0.2, 0.25) is 0 Å². The van der Waals surface area contributed by atoms with Crippen LogP contribution in [0.1, 0.15) is 59.5 Å². The number of phenols is 1. The number of rotatable bonds is 7. The predicted molar refractivity (Wildman–Crippen MR) is 169 cm³/mol. The van der Waals surface area contributed by atoms with E-state index in [4.69, 9.17) is 9.47 Å². The summed E-state index contributed by atoms with van der Waals surface area (Å²) in [6.07, 6.45) is 6.69. The molecule has 1 amide bonds. The van der Waals surface area contributed by atoms with E-state index in [1.165, 1.54) is 48.7 Å². The van der Waals surface area contributed by atoms with Gasteiger partial charge in [0, 0.05) is 34.6 Å². The number of amidine groups is 1. The number of aromatic nitrogens is 1. The van der Waals surface area contributed by atoms with Crippen LogP contribution < -0.4 is 20.1 Å². The minimum absolute atomic E-state index is 0.133. The molecule has 8 nitrogen and oxygen atoms in total. The number of fused-ring (bicyclic) bond motifs is 5. The van der Waals surface area contributed by atoms with Crippen LogP contribution in [0.15, 0.2) is 65.7 Å². The normalized spacial score (nSPS) is 17.2. The molecule has 1 atom stereocenters. The average Bonchev–Trinajstić information content (AvgIpc) is 3.64. The molecule has 0 unspecified atom stereocenters. The lowest BCUT2D eigenvalue weighted by molar-refractivity contribution is 0.0946. The van der Waals surface area contributed by atoms with Crippen molar-refractivity contribution in [2.75, 3.05) is 26.8 Å². The minimum atomic E-state index is -0.298. The highest BCUT2D eigenvalue weighted by Crippen LogP contribution is 2.47. The van der Waals surface area contributed by atoms with Crippen LogP contribution in [0, 0.1) is 0 Å². The minimum Gasteiger partial charge on any atom is -0.508 e. The molecule has 1 aromatic heterocycles. The van der Waals surface area contributed by atoms with Crippen molar-refractivity contribution in [1.82, 2.24) is 15.2 Å². The molecule has 222 valence electrons. The zero-order valence-corrected chi connectivity index (χ0v) is 24.6. The molecule has 1 aliphatic carbocycles. The number of phenolic OH excluding ortho intramolecular Hbond substituents is 1. The second-order valence-electron chi connectivity index (χ2n) is 11.8. The third-order valence-electron chi connectivity index (χ3n) is 9.11. The van der Waals surface area contributed by atoms with E-state index in [-0.39, 0.29) is 17.7 Å². The van der Waals surface area contributed by atoms with E-state index in [0.29, 0.717) is 37.6 Å². The Morgan fingerprint density at radius 1 is 1.12 bits per heavy atom. The number of aliphatic imine (C=N–C) groups is 1. The van der Waals surface area contributed by atoms with Gasteiger partial charge in [-0.3, -0.25) is 9.79 Å². The number of benzene rings is 3. The van der Waals surface area contributed by atoms with E-state index in [9.17, 15) is 9.90 Å². The SMILES string of the molecule is COc1ccc2c(c1)OCCn1c-2c(C2CCCCC2)c2ccc(C(=O)N[C@@H](Cc3ccc(O)cc3)C3=NCCN3)cc21. The Morgan fingerprint density at radius 3 is 2.72 bits per heavy atom. The average molecular weight is 579 g/mol. The quantitative estimate of drug-likeness (QED) is 0.257. The monoisotopic (exact) mass is 578 g/mol. The Morgan fingerprint density at radius 2 is 1.95 bits per heavy atom. The first-order valence-electron chi connectivity index (χ1n) is 15.4. The number of nitrogens with zero attached hydrogens (tertiary/aromatic N) is 2. The van der Waals surface area contributed by atoms with Crippen molar-refractivity contribution < 1.29 is 19.4 Å². The fourth-order valence-corrected chi connectivity index (χ4v) is 7.01. The Kier molecular flexibility index (Phi) is 7.43. The fraction of sp³-hybridized carbons (Fsp3) is 0.371. The highest BCUT2D eigenvalue weighted by molar-refractivity contribution is 6.03. The molecule has 0 bridgehead atoms. The van der Waals surface area contributed by atoms with Crippen molar-refractivity contribution >= 4 is 22.6 Å². The van der Waals surface area contributed by atoms with Crippen LogP contribution in [0.5, 0.6) is 17.2 Å². The summed E-state index contributed by atoms with van der Waals surface area (Å²) in [5.41, 5.74) is 6.39. The molecule has 3 N–H and O–H groups in total. The third-order valence-corrected chi connectivity index (χ3v) is 9.11. The molecule has 1 saturated carbocycles. The van der Waals surface area contributed by atoms with Gasteiger partial charge in [0.25, 0.3) is 5.91 Å². The van der Waals surface area contributed by atoms with Crippen LogP contribution in [0.4, 0.5) is 0 Å².